The molecule has 0 radical (unpaired) electrons. The van der Waals surface area contributed by atoms with Gasteiger partial charge in [0.25, 0.3) is 5.56 Å². The first kappa shape index (κ1) is 18.7. The second-order valence-corrected chi connectivity index (χ2v) is 8.35. The number of halogens is 2. The highest BCUT2D eigenvalue weighted by Crippen LogP contribution is 2.21. The molecule has 0 atom stereocenters. The fraction of sp³-hybridized carbons (Fsp3) is 0.125. The molecule has 0 unspecified atom stereocenters. The van der Waals surface area contributed by atoms with Gasteiger partial charge in [-0.05, 0) is 35.7 Å². The maximum atomic E-state index is 13.2. The van der Waals surface area contributed by atoms with Gasteiger partial charge in [0.15, 0.2) is 0 Å². The smallest absolute Gasteiger partial charge is 0.266 e. The fourth-order valence-corrected chi connectivity index (χ4v) is 4.16. The summed E-state index contributed by atoms with van der Waals surface area (Å²) in [5.74, 6) is -0.702. The Hall–Kier alpha value is -2.07. The van der Waals surface area contributed by atoms with Crippen molar-refractivity contribution in [2.45, 2.75) is 11.4 Å². The van der Waals surface area contributed by atoms with Gasteiger partial charge in [-0.1, -0.05) is 17.7 Å². The molecule has 26 heavy (non-hydrogen) atoms. The topological polar surface area (TPSA) is 81.1 Å². The maximum Gasteiger partial charge on any atom is 0.266 e. The minimum absolute atomic E-state index is 0.0478. The van der Waals surface area contributed by atoms with E-state index in [1.54, 1.807) is 6.07 Å². The predicted molar refractivity (Wildman–Crippen MR) is 98.4 cm³/mol. The number of rotatable bonds is 6. The molecule has 0 aliphatic heterocycles. The summed E-state index contributed by atoms with van der Waals surface area (Å²) in [5.41, 5.74) is 0.294. The van der Waals surface area contributed by atoms with Crippen molar-refractivity contribution in [3.05, 3.63) is 69.0 Å². The highest BCUT2D eigenvalue weighted by atomic mass is 35.5. The van der Waals surface area contributed by atoms with Crippen molar-refractivity contribution in [3.63, 3.8) is 0 Å². The van der Waals surface area contributed by atoms with Crippen molar-refractivity contribution in [1.82, 2.24) is 14.5 Å². The van der Waals surface area contributed by atoms with Crippen LogP contribution in [0, 0.1) is 5.82 Å². The van der Waals surface area contributed by atoms with E-state index in [1.165, 1.54) is 22.1 Å². The van der Waals surface area contributed by atoms with Gasteiger partial charge in [-0.25, -0.2) is 22.2 Å². The average Bonchev–Trinajstić information content (AvgIpc) is 3.13. The molecule has 136 valence electrons. The van der Waals surface area contributed by atoms with Crippen LogP contribution in [0.25, 0.3) is 10.6 Å². The Labute approximate surface area is 157 Å². The molecule has 0 spiro atoms. The molecule has 0 fully saturated rings. The van der Waals surface area contributed by atoms with E-state index >= 15 is 0 Å². The molecule has 0 saturated carbocycles. The van der Waals surface area contributed by atoms with E-state index in [4.69, 9.17) is 11.6 Å². The SMILES string of the molecule is O=c1ccc(-c2cccs2)nn1CCNS(=O)(=O)c1ccc(F)c(Cl)c1. The maximum absolute atomic E-state index is 13.2. The third-order valence-electron chi connectivity index (χ3n) is 3.46. The molecule has 0 bridgehead atoms. The van der Waals surface area contributed by atoms with Gasteiger partial charge < -0.3 is 0 Å². The van der Waals surface area contributed by atoms with Crippen LogP contribution in [-0.4, -0.2) is 24.7 Å². The molecule has 0 aliphatic rings. The minimum atomic E-state index is -3.88. The first-order chi connectivity index (χ1) is 12.4. The van der Waals surface area contributed by atoms with Crippen molar-refractivity contribution >= 4 is 33.0 Å². The predicted octanol–water partition coefficient (Wildman–Crippen LogP) is 2.74. The van der Waals surface area contributed by atoms with Crippen LogP contribution in [0.3, 0.4) is 0 Å². The Morgan fingerprint density at radius 3 is 2.73 bits per heavy atom. The van der Waals surface area contributed by atoms with Crippen molar-refractivity contribution in [3.8, 4) is 10.6 Å². The zero-order valence-corrected chi connectivity index (χ0v) is 15.6. The average molecular weight is 414 g/mol. The van der Waals surface area contributed by atoms with Gasteiger partial charge in [-0.3, -0.25) is 4.79 Å². The first-order valence-electron chi connectivity index (χ1n) is 7.43. The van der Waals surface area contributed by atoms with Crippen molar-refractivity contribution in [2.75, 3.05) is 6.54 Å². The molecule has 3 rings (SSSR count). The van der Waals surface area contributed by atoms with Gasteiger partial charge in [0.1, 0.15) is 11.5 Å². The van der Waals surface area contributed by atoms with Crippen molar-refractivity contribution < 1.29 is 12.8 Å². The summed E-state index contributed by atoms with van der Waals surface area (Å²) in [6.07, 6.45) is 0. The number of hydrogen-bond donors (Lipinski definition) is 1. The lowest BCUT2D eigenvalue weighted by Gasteiger charge is -2.09. The normalized spacial score (nSPS) is 11.6. The molecule has 1 aromatic carbocycles. The standard InChI is InChI=1S/C16H13ClFN3O3S2/c17-12-10-11(3-4-13(12)18)26(23,24)19-7-8-21-16(22)6-5-14(20-21)15-2-1-9-25-15/h1-6,9-10,19H,7-8H2. The number of nitrogens with zero attached hydrogens (tertiary/aromatic N) is 2. The summed E-state index contributed by atoms with van der Waals surface area (Å²) in [5, 5.41) is 5.86. The molecule has 3 aromatic rings. The van der Waals surface area contributed by atoms with E-state index in [-0.39, 0.29) is 28.6 Å². The molecule has 2 aromatic heterocycles. The van der Waals surface area contributed by atoms with E-state index in [1.807, 2.05) is 17.5 Å². The lowest BCUT2D eigenvalue weighted by molar-refractivity contribution is 0.548. The van der Waals surface area contributed by atoms with Gasteiger partial charge in [0, 0.05) is 12.6 Å². The first-order valence-corrected chi connectivity index (χ1v) is 10.2. The lowest BCUT2D eigenvalue weighted by Crippen LogP contribution is -2.32. The second kappa shape index (κ2) is 7.67. The van der Waals surface area contributed by atoms with Gasteiger partial charge in [-0.2, -0.15) is 5.10 Å². The summed E-state index contributed by atoms with van der Waals surface area (Å²) < 4.78 is 41.2. The van der Waals surface area contributed by atoms with E-state index < -0.39 is 15.8 Å². The summed E-state index contributed by atoms with van der Waals surface area (Å²) in [7, 11) is -3.88. The molecular formula is C16H13ClFN3O3S2. The Morgan fingerprint density at radius 2 is 2.04 bits per heavy atom. The Balaban J connectivity index is 1.72. The van der Waals surface area contributed by atoms with E-state index in [2.05, 4.69) is 9.82 Å². The van der Waals surface area contributed by atoms with Gasteiger partial charge >= 0.3 is 0 Å². The van der Waals surface area contributed by atoms with E-state index in [0.29, 0.717) is 5.69 Å². The van der Waals surface area contributed by atoms with E-state index in [9.17, 15) is 17.6 Å². The molecule has 6 nitrogen and oxygen atoms in total. The van der Waals surface area contributed by atoms with Crippen LogP contribution in [0.5, 0.6) is 0 Å². The summed E-state index contributed by atoms with van der Waals surface area (Å²) in [6.45, 7) is -0.00959. The molecule has 1 N–H and O–H groups in total. The molecular weight excluding hydrogens is 401 g/mol. The quantitative estimate of drug-likeness (QED) is 0.673. The minimum Gasteiger partial charge on any atom is -0.268 e. The number of thiophene rings is 1. The highest BCUT2D eigenvalue weighted by molar-refractivity contribution is 7.89. The monoisotopic (exact) mass is 413 g/mol. The number of aromatic nitrogens is 2. The largest absolute Gasteiger partial charge is 0.268 e. The molecule has 2 heterocycles. The molecule has 0 saturated heterocycles. The second-order valence-electron chi connectivity index (χ2n) is 5.23. The van der Waals surface area contributed by atoms with Crippen LogP contribution < -0.4 is 10.3 Å². The number of sulfonamides is 1. The van der Waals surface area contributed by atoms with Crippen LogP contribution >= 0.6 is 22.9 Å². The molecule has 0 aliphatic carbocycles. The van der Waals surface area contributed by atoms with Crippen molar-refractivity contribution in [1.29, 1.82) is 0 Å². The highest BCUT2D eigenvalue weighted by Gasteiger charge is 2.15. The summed E-state index contributed by atoms with van der Waals surface area (Å²) in [6, 6.07) is 9.88. The zero-order valence-electron chi connectivity index (χ0n) is 13.2. The lowest BCUT2D eigenvalue weighted by atomic mass is 10.3. The van der Waals surface area contributed by atoms with Crippen LogP contribution in [0.2, 0.25) is 5.02 Å². The van der Waals surface area contributed by atoms with Gasteiger partial charge in [0.2, 0.25) is 10.0 Å². The summed E-state index contributed by atoms with van der Waals surface area (Å²) in [4.78, 5) is 12.7. The van der Waals surface area contributed by atoms with Crippen LogP contribution in [0.4, 0.5) is 4.39 Å². The third-order valence-corrected chi connectivity index (χ3v) is 6.10. The number of hydrogen-bond acceptors (Lipinski definition) is 5. The summed E-state index contributed by atoms with van der Waals surface area (Å²) >= 11 is 7.10. The van der Waals surface area contributed by atoms with Gasteiger partial charge in [0.05, 0.1) is 21.3 Å². The Kier molecular flexibility index (Phi) is 5.52. The van der Waals surface area contributed by atoms with Crippen LogP contribution in [0.15, 0.2) is 57.5 Å². The molecule has 10 heteroatoms. The van der Waals surface area contributed by atoms with Crippen LogP contribution in [0.1, 0.15) is 0 Å². The fourth-order valence-electron chi connectivity index (χ4n) is 2.18. The Morgan fingerprint density at radius 1 is 1.23 bits per heavy atom. The Bertz CT molecular complexity index is 1080. The molecule has 0 amide bonds. The van der Waals surface area contributed by atoms with Gasteiger partial charge in [-0.15, -0.1) is 11.3 Å². The van der Waals surface area contributed by atoms with Crippen molar-refractivity contribution in [2.24, 2.45) is 0 Å². The zero-order chi connectivity index (χ0) is 18.7. The van der Waals surface area contributed by atoms with E-state index in [0.717, 1.165) is 23.1 Å². The number of benzene rings is 1. The number of nitrogens with one attached hydrogen (secondary N) is 1. The van der Waals surface area contributed by atoms with Crippen LogP contribution in [-0.2, 0) is 16.6 Å². The third kappa shape index (κ3) is 4.18.